The minimum atomic E-state index is -0.292. The lowest BCUT2D eigenvalue weighted by atomic mass is 9.87. The van der Waals surface area contributed by atoms with Crippen LogP contribution in [0.2, 0.25) is 0 Å². The summed E-state index contributed by atoms with van der Waals surface area (Å²) in [5.74, 6) is -0.123. The van der Waals surface area contributed by atoms with Gasteiger partial charge >= 0.3 is 0 Å². The third kappa shape index (κ3) is 1.60. The first-order valence-electron chi connectivity index (χ1n) is 5.33. The van der Waals surface area contributed by atoms with E-state index in [4.69, 9.17) is 0 Å². The summed E-state index contributed by atoms with van der Waals surface area (Å²) in [6.07, 6.45) is 1.87. The standard InChI is InChI=1S/C12H10FN3O/c13-10-4-2-1-3-7(10)8-5-11(17)15-12-9(8)6-14-16-12/h1-4,6,8H,5H2,(H2,14,15,16,17)/t8-/m0/s1. The van der Waals surface area contributed by atoms with Crippen LogP contribution >= 0.6 is 0 Å². The number of amides is 1. The minimum absolute atomic E-state index is 0.130. The summed E-state index contributed by atoms with van der Waals surface area (Å²) in [6.45, 7) is 0. The SMILES string of the molecule is O=C1C[C@@H](c2ccccc2F)c2cn[nH]c2N1. The van der Waals surface area contributed by atoms with Gasteiger partial charge in [-0.1, -0.05) is 18.2 Å². The van der Waals surface area contributed by atoms with E-state index < -0.39 is 0 Å². The first-order chi connectivity index (χ1) is 8.25. The van der Waals surface area contributed by atoms with E-state index in [2.05, 4.69) is 15.5 Å². The van der Waals surface area contributed by atoms with Crippen LogP contribution in [0, 0.1) is 5.82 Å². The average Bonchev–Trinajstić information content (AvgIpc) is 2.76. The number of H-pyrrole nitrogens is 1. The maximum atomic E-state index is 13.7. The molecule has 1 aliphatic heterocycles. The van der Waals surface area contributed by atoms with Crippen LogP contribution in [0.4, 0.5) is 10.2 Å². The number of aromatic nitrogens is 2. The maximum absolute atomic E-state index is 13.7. The molecular formula is C12H10FN3O. The molecule has 86 valence electrons. The normalized spacial score (nSPS) is 18.6. The minimum Gasteiger partial charge on any atom is -0.311 e. The Balaban J connectivity index is 2.11. The van der Waals surface area contributed by atoms with Crippen molar-refractivity contribution in [2.45, 2.75) is 12.3 Å². The van der Waals surface area contributed by atoms with Crippen LogP contribution in [0.25, 0.3) is 0 Å². The lowest BCUT2D eigenvalue weighted by Gasteiger charge is -2.22. The zero-order valence-corrected chi connectivity index (χ0v) is 8.90. The molecule has 4 nitrogen and oxygen atoms in total. The zero-order chi connectivity index (χ0) is 11.8. The molecule has 1 aromatic carbocycles. The topological polar surface area (TPSA) is 57.8 Å². The molecule has 0 aliphatic carbocycles. The number of benzene rings is 1. The fraction of sp³-hybridized carbons (Fsp3) is 0.167. The van der Waals surface area contributed by atoms with E-state index in [0.717, 1.165) is 5.56 Å². The van der Waals surface area contributed by atoms with Gasteiger partial charge in [-0.15, -0.1) is 0 Å². The number of aromatic amines is 1. The highest BCUT2D eigenvalue weighted by atomic mass is 19.1. The van der Waals surface area contributed by atoms with Gasteiger partial charge in [-0.25, -0.2) is 4.39 Å². The van der Waals surface area contributed by atoms with Gasteiger partial charge in [0.05, 0.1) is 6.20 Å². The van der Waals surface area contributed by atoms with E-state index in [-0.39, 0.29) is 24.1 Å². The van der Waals surface area contributed by atoms with Crippen molar-refractivity contribution >= 4 is 11.7 Å². The van der Waals surface area contributed by atoms with Crippen LogP contribution in [-0.2, 0) is 4.79 Å². The molecule has 3 rings (SSSR count). The van der Waals surface area contributed by atoms with Crippen LogP contribution in [0.3, 0.4) is 0 Å². The summed E-state index contributed by atoms with van der Waals surface area (Å²) in [5, 5.41) is 9.26. The van der Waals surface area contributed by atoms with Gasteiger partial charge in [0.15, 0.2) is 0 Å². The molecule has 2 heterocycles. The Kier molecular flexibility index (Phi) is 2.18. The Morgan fingerprint density at radius 3 is 2.94 bits per heavy atom. The highest BCUT2D eigenvalue weighted by Gasteiger charge is 2.29. The van der Waals surface area contributed by atoms with Crippen LogP contribution in [0.15, 0.2) is 30.5 Å². The predicted molar refractivity (Wildman–Crippen MR) is 60.1 cm³/mol. The second kappa shape index (κ2) is 3.69. The molecule has 17 heavy (non-hydrogen) atoms. The Hall–Kier alpha value is -2.17. The number of hydrogen-bond acceptors (Lipinski definition) is 2. The van der Waals surface area contributed by atoms with Gasteiger partial charge in [0.25, 0.3) is 0 Å². The number of carbonyl (C=O) groups is 1. The van der Waals surface area contributed by atoms with E-state index in [1.165, 1.54) is 6.07 Å². The summed E-state index contributed by atoms with van der Waals surface area (Å²) in [6, 6.07) is 6.51. The molecular weight excluding hydrogens is 221 g/mol. The number of anilines is 1. The molecule has 0 spiro atoms. The number of rotatable bonds is 1. The van der Waals surface area contributed by atoms with E-state index in [1.54, 1.807) is 24.4 Å². The van der Waals surface area contributed by atoms with Crippen molar-refractivity contribution in [2.24, 2.45) is 0 Å². The van der Waals surface area contributed by atoms with Gasteiger partial charge < -0.3 is 5.32 Å². The molecule has 0 radical (unpaired) electrons. The lowest BCUT2D eigenvalue weighted by Crippen LogP contribution is -2.23. The molecule has 1 aromatic heterocycles. The number of halogens is 1. The van der Waals surface area contributed by atoms with Crippen molar-refractivity contribution in [1.82, 2.24) is 10.2 Å². The number of nitrogens with zero attached hydrogens (tertiary/aromatic N) is 1. The summed E-state index contributed by atoms with van der Waals surface area (Å²) >= 11 is 0. The van der Waals surface area contributed by atoms with Crippen LogP contribution < -0.4 is 5.32 Å². The van der Waals surface area contributed by atoms with Gasteiger partial charge in [0.1, 0.15) is 11.6 Å². The van der Waals surface area contributed by atoms with Crippen molar-refractivity contribution in [2.75, 3.05) is 5.32 Å². The largest absolute Gasteiger partial charge is 0.311 e. The van der Waals surface area contributed by atoms with Gasteiger partial charge in [-0.2, -0.15) is 5.10 Å². The Labute approximate surface area is 96.9 Å². The molecule has 1 amide bonds. The molecule has 2 N–H and O–H groups in total. The monoisotopic (exact) mass is 231 g/mol. The maximum Gasteiger partial charge on any atom is 0.226 e. The quantitative estimate of drug-likeness (QED) is 0.788. The highest BCUT2D eigenvalue weighted by Crippen LogP contribution is 2.36. The molecule has 2 aromatic rings. The van der Waals surface area contributed by atoms with Crippen LogP contribution in [0.5, 0.6) is 0 Å². The third-order valence-corrected chi connectivity index (χ3v) is 2.98. The fourth-order valence-corrected chi connectivity index (χ4v) is 2.18. The molecule has 1 aliphatic rings. The van der Waals surface area contributed by atoms with Crippen molar-refractivity contribution < 1.29 is 9.18 Å². The smallest absolute Gasteiger partial charge is 0.226 e. The molecule has 1 atom stereocenters. The molecule has 5 heteroatoms. The Morgan fingerprint density at radius 1 is 1.29 bits per heavy atom. The number of nitrogens with one attached hydrogen (secondary N) is 2. The average molecular weight is 231 g/mol. The Morgan fingerprint density at radius 2 is 2.12 bits per heavy atom. The third-order valence-electron chi connectivity index (χ3n) is 2.98. The molecule has 0 fully saturated rings. The van der Waals surface area contributed by atoms with Crippen LogP contribution in [0.1, 0.15) is 23.5 Å². The second-order valence-corrected chi connectivity index (χ2v) is 4.03. The Bertz CT molecular complexity index is 579. The van der Waals surface area contributed by atoms with Gasteiger partial charge in [0.2, 0.25) is 5.91 Å². The fourth-order valence-electron chi connectivity index (χ4n) is 2.18. The highest BCUT2D eigenvalue weighted by molar-refractivity contribution is 5.94. The summed E-state index contributed by atoms with van der Waals surface area (Å²) in [5.41, 5.74) is 1.36. The van der Waals surface area contributed by atoms with Crippen molar-refractivity contribution in [1.29, 1.82) is 0 Å². The number of carbonyl (C=O) groups excluding carboxylic acids is 1. The van der Waals surface area contributed by atoms with E-state index in [0.29, 0.717) is 11.4 Å². The number of fused-ring (bicyclic) bond motifs is 1. The van der Waals surface area contributed by atoms with Gasteiger partial charge in [-0.05, 0) is 11.6 Å². The first-order valence-corrected chi connectivity index (χ1v) is 5.33. The van der Waals surface area contributed by atoms with Crippen LogP contribution in [-0.4, -0.2) is 16.1 Å². The van der Waals surface area contributed by atoms with Gasteiger partial charge in [0, 0.05) is 17.9 Å². The lowest BCUT2D eigenvalue weighted by molar-refractivity contribution is -0.116. The first kappa shape index (κ1) is 10.0. The predicted octanol–water partition coefficient (Wildman–Crippen LogP) is 2.02. The molecule has 0 saturated heterocycles. The second-order valence-electron chi connectivity index (χ2n) is 4.03. The summed E-state index contributed by atoms with van der Waals surface area (Å²) < 4.78 is 13.7. The van der Waals surface area contributed by atoms with E-state index in [1.807, 2.05) is 0 Å². The van der Waals surface area contributed by atoms with Crippen molar-refractivity contribution in [3.05, 3.63) is 47.4 Å². The van der Waals surface area contributed by atoms with E-state index in [9.17, 15) is 9.18 Å². The van der Waals surface area contributed by atoms with E-state index >= 15 is 0 Å². The molecule has 0 saturated carbocycles. The molecule has 0 bridgehead atoms. The van der Waals surface area contributed by atoms with Crippen molar-refractivity contribution in [3.63, 3.8) is 0 Å². The van der Waals surface area contributed by atoms with Gasteiger partial charge in [-0.3, -0.25) is 9.89 Å². The zero-order valence-electron chi connectivity index (χ0n) is 8.90. The van der Waals surface area contributed by atoms with Crippen molar-refractivity contribution in [3.8, 4) is 0 Å². The summed E-state index contributed by atoms with van der Waals surface area (Å²) in [7, 11) is 0. The molecule has 0 unspecified atom stereocenters. The number of hydrogen-bond donors (Lipinski definition) is 2. The summed E-state index contributed by atoms with van der Waals surface area (Å²) in [4.78, 5) is 11.5.